The minimum atomic E-state index is -2.82. The SMILES string of the molecule is Cc1c2c(c(N(C)C)c3ccc(Br)cc13)C[C@H]1C[C@H]3[C@H](N(C)C)c4onc(OCc5ccccc5)c4C(=O)[C@@]3(O[Si](C)(C)C(C)(C)C)C(O)=C1C2=O. The second-order valence-electron chi connectivity index (χ2n) is 16.6. The molecule has 3 aliphatic rings. The van der Waals surface area contributed by atoms with Crippen molar-refractivity contribution in [2.24, 2.45) is 11.8 Å². The van der Waals surface area contributed by atoms with Crippen LogP contribution in [-0.4, -0.2) is 68.8 Å². The minimum absolute atomic E-state index is 0.0520. The number of halogens is 1. The number of aliphatic hydroxyl groups excluding tert-OH is 1. The predicted molar refractivity (Wildman–Crippen MR) is 209 cm³/mol. The van der Waals surface area contributed by atoms with Gasteiger partial charge in [0.25, 0.3) is 5.88 Å². The number of anilines is 1. The Kier molecular flexibility index (Phi) is 8.92. The first-order valence-corrected chi connectivity index (χ1v) is 21.6. The van der Waals surface area contributed by atoms with Gasteiger partial charge in [0.1, 0.15) is 17.9 Å². The lowest BCUT2D eigenvalue weighted by atomic mass is 9.58. The Hall–Kier alpha value is -3.77. The van der Waals surface area contributed by atoms with Crippen molar-refractivity contribution in [3.05, 3.63) is 97.9 Å². The van der Waals surface area contributed by atoms with Gasteiger partial charge in [0.15, 0.2) is 25.5 Å². The Balaban J connectivity index is 1.48. The number of rotatable bonds is 7. The number of benzene rings is 3. The lowest BCUT2D eigenvalue weighted by Gasteiger charge is -2.55. The molecular weight excluding hydrogens is 738 g/mol. The van der Waals surface area contributed by atoms with E-state index in [0.29, 0.717) is 24.2 Å². The molecule has 3 aliphatic carbocycles. The molecule has 0 bridgehead atoms. The summed E-state index contributed by atoms with van der Waals surface area (Å²) in [6.45, 7) is 12.6. The van der Waals surface area contributed by atoms with Crippen molar-refractivity contribution in [1.82, 2.24) is 10.1 Å². The van der Waals surface area contributed by atoms with Crippen LogP contribution in [0.15, 0.2) is 68.9 Å². The number of carbonyl (C=O) groups is 2. The highest BCUT2D eigenvalue weighted by Crippen LogP contribution is 2.60. The summed E-state index contributed by atoms with van der Waals surface area (Å²) in [4.78, 5) is 34.7. The second-order valence-corrected chi connectivity index (χ2v) is 22.2. The van der Waals surface area contributed by atoms with E-state index in [2.05, 4.69) is 65.9 Å². The van der Waals surface area contributed by atoms with E-state index in [1.165, 1.54) is 0 Å². The Bertz CT molecular complexity index is 2150. The summed E-state index contributed by atoms with van der Waals surface area (Å²) in [5.41, 5.74) is 2.84. The zero-order chi connectivity index (χ0) is 37.7. The van der Waals surface area contributed by atoms with Gasteiger partial charge in [-0.25, -0.2) is 0 Å². The van der Waals surface area contributed by atoms with Crippen LogP contribution in [0.3, 0.4) is 0 Å². The number of ether oxygens (including phenoxy) is 1. The Labute approximate surface area is 315 Å². The zero-order valence-corrected chi connectivity index (χ0v) is 34.3. The zero-order valence-electron chi connectivity index (χ0n) is 31.7. The molecular formula is C41H48BrN3O6Si. The number of aromatic nitrogens is 1. The molecule has 52 heavy (non-hydrogen) atoms. The number of aryl methyl sites for hydroxylation is 1. The second kappa shape index (κ2) is 12.7. The van der Waals surface area contributed by atoms with Gasteiger partial charge >= 0.3 is 0 Å². The summed E-state index contributed by atoms with van der Waals surface area (Å²) in [5.74, 6) is -1.53. The molecule has 0 saturated carbocycles. The van der Waals surface area contributed by atoms with Crippen molar-refractivity contribution in [1.29, 1.82) is 0 Å². The maximum Gasteiger partial charge on any atom is 0.265 e. The molecule has 1 N–H and O–H groups in total. The van der Waals surface area contributed by atoms with Gasteiger partial charge in [-0.05, 0) is 97.3 Å². The quantitative estimate of drug-likeness (QED) is 0.184. The molecule has 9 nitrogen and oxygen atoms in total. The molecule has 0 aliphatic heterocycles. The van der Waals surface area contributed by atoms with Gasteiger partial charge in [-0.1, -0.05) is 73.1 Å². The van der Waals surface area contributed by atoms with Gasteiger partial charge in [0.05, 0.1) is 6.04 Å². The van der Waals surface area contributed by atoms with Crippen molar-refractivity contribution in [2.45, 2.75) is 76.9 Å². The number of nitrogens with zero attached hydrogens (tertiary/aromatic N) is 3. The molecule has 1 aromatic heterocycles. The number of hydrogen-bond donors (Lipinski definition) is 1. The number of carbonyl (C=O) groups excluding carboxylic acids is 2. The van der Waals surface area contributed by atoms with Crippen LogP contribution >= 0.6 is 15.9 Å². The first-order valence-electron chi connectivity index (χ1n) is 17.9. The average molecular weight is 787 g/mol. The van der Waals surface area contributed by atoms with Gasteiger partial charge in [-0.3, -0.25) is 14.5 Å². The van der Waals surface area contributed by atoms with Crippen LogP contribution in [0.4, 0.5) is 5.69 Å². The third-order valence-corrected chi connectivity index (χ3v) is 16.9. The summed E-state index contributed by atoms with van der Waals surface area (Å²) in [6, 6.07) is 15.3. The lowest BCUT2D eigenvalue weighted by Crippen LogP contribution is -2.65. The molecule has 11 heteroatoms. The van der Waals surface area contributed by atoms with Crippen molar-refractivity contribution < 1.29 is 28.4 Å². The fraction of sp³-hybridized carbons (Fsp3) is 0.439. The molecule has 0 unspecified atom stereocenters. The smallest absolute Gasteiger partial charge is 0.265 e. The highest BCUT2D eigenvalue weighted by molar-refractivity contribution is 9.10. The van der Waals surface area contributed by atoms with E-state index in [1.807, 2.05) is 82.5 Å². The monoisotopic (exact) mass is 785 g/mol. The number of hydrogen-bond acceptors (Lipinski definition) is 9. The van der Waals surface area contributed by atoms with E-state index in [-0.39, 0.29) is 46.1 Å². The highest BCUT2D eigenvalue weighted by atomic mass is 79.9. The van der Waals surface area contributed by atoms with E-state index >= 15 is 9.59 Å². The fourth-order valence-corrected chi connectivity index (χ4v) is 10.4. The molecule has 274 valence electrons. The molecule has 1 heterocycles. The van der Waals surface area contributed by atoms with Gasteiger partial charge in [0, 0.05) is 46.7 Å². The van der Waals surface area contributed by atoms with Crippen LogP contribution in [0.25, 0.3) is 10.8 Å². The van der Waals surface area contributed by atoms with E-state index < -0.39 is 31.7 Å². The Morgan fingerprint density at radius 2 is 1.73 bits per heavy atom. The molecule has 3 aromatic carbocycles. The average Bonchev–Trinajstić information content (AvgIpc) is 3.48. The van der Waals surface area contributed by atoms with Gasteiger partial charge in [-0.15, -0.1) is 0 Å². The van der Waals surface area contributed by atoms with E-state index in [0.717, 1.165) is 37.6 Å². The van der Waals surface area contributed by atoms with Crippen LogP contribution < -0.4 is 9.64 Å². The maximum absolute atomic E-state index is 15.5. The summed E-state index contributed by atoms with van der Waals surface area (Å²) in [7, 11) is 5.05. The number of fused-ring (bicyclic) bond motifs is 5. The van der Waals surface area contributed by atoms with E-state index in [9.17, 15) is 5.11 Å². The van der Waals surface area contributed by atoms with Crippen molar-refractivity contribution in [3.63, 3.8) is 0 Å². The molecule has 4 aromatic rings. The summed E-state index contributed by atoms with van der Waals surface area (Å²) in [6.07, 6.45) is 0.939. The highest BCUT2D eigenvalue weighted by Gasteiger charge is 2.67. The molecule has 0 spiro atoms. The van der Waals surface area contributed by atoms with Crippen LogP contribution in [0.5, 0.6) is 5.88 Å². The molecule has 4 atom stereocenters. The van der Waals surface area contributed by atoms with Gasteiger partial charge in [0.2, 0.25) is 5.78 Å². The Morgan fingerprint density at radius 1 is 1.04 bits per heavy atom. The topological polar surface area (TPSA) is 105 Å². The minimum Gasteiger partial charge on any atom is -0.508 e. The van der Waals surface area contributed by atoms with Crippen LogP contribution in [0.1, 0.15) is 76.4 Å². The molecule has 0 amide bonds. The number of aliphatic hydroxyl groups is 1. The number of allylic oxidation sites excluding steroid dienone is 1. The molecule has 0 saturated heterocycles. The summed E-state index contributed by atoms with van der Waals surface area (Å²) < 4.78 is 20.5. The van der Waals surface area contributed by atoms with Crippen molar-refractivity contribution in [2.75, 3.05) is 33.1 Å². The first kappa shape index (κ1) is 36.6. The molecule has 0 fully saturated rings. The predicted octanol–water partition coefficient (Wildman–Crippen LogP) is 8.99. The fourth-order valence-electron chi connectivity index (χ4n) is 8.55. The number of Topliss-reactive ketones (excluding diaryl/α,β-unsaturated/α-hetero) is 2. The van der Waals surface area contributed by atoms with Crippen LogP contribution in [0, 0.1) is 18.8 Å². The molecule has 0 radical (unpaired) electrons. The summed E-state index contributed by atoms with van der Waals surface area (Å²) >= 11 is 3.63. The third kappa shape index (κ3) is 5.41. The summed E-state index contributed by atoms with van der Waals surface area (Å²) in [5, 5.41) is 19.0. The van der Waals surface area contributed by atoms with Crippen LogP contribution in [-0.2, 0) is 17.5 Å². The number of ketones is 2. The van der Waals surface area contributed by atoms with Gasteiger partial charge < -0.3 is 23.7 Å². The van der Waals surface area contributed by atoms with E-state index in [4.69, 9.17) is 13.7 Å². The normalized spacial score (nSPS) is 23.0. The maximum atomic E-state index is 15.5. The lowest BCUT2D eigenvalue weighted by molar-refractivity contribution is -0.0480. The van der Waals surface area contributed by atoms with Gasteiger partial charge in [-0.2, -0.15) is 0 Å². The molecule has 7 rings (SSSR count). The Morgan fingerprint density at radius 3 is 2.37 bits per heavy atom. The third-order valence-electron chi connectivity index (χ3n) is 11.9. The van der Waals surface area contributed by atoms with E-state index in [1.54, 1.807) is 0 Å². The van der Waals surface area contributed by atoms with Crippen molar-refractivity contribution >= 4 is 52.3 Å². The largest absolute Gasteiger partial charge is 0.508 e. The first-order chi connectivity index (χ1) is 24.4. The van der Waals surface area contributed by atoms with Crippen LogP contribution in [0.2, 0.25) is 18.1 Å². The van der Waals surface area contributed by atoms with Crippen molar-refractivity contribution in [3.8, 4) is 5.88 Å². The standard InChI is InChI=1S/C41H48BrN3O6Si/c1-22-27-20-25(42)16-17-26(27)33(44(5)6)28-18-24-19-29-34(45(7)8)36-32(39(43-50-36)49-21-23-14-12-11-13-15-23)38(48)41(29,51-52(9,10)40(2,3)4)37(47)31(24)35(46)30(22)28/h11-17,20,24,29,34,47H,18-19,21H2,1-10H3/t24-,29-,34-,41-/m0/s1.